The molecule has 0 saturated carbocycles. The third kappa shape index (κ3) is 5.11. The zero-order valence-corrected chi connectivity index (χ0v) is 23.0. The van der Waals surface area contributed by atoms with Crippen LogP contribution in [0.2, 0.25) is 0 Å². The van der Waals surface area contributed by atoms with E-state index in [1.54, 1.807) is 25.1 Å². The fourth-order valence-corrected chi connectivity index (χ4v) is 6.01. The number of hydrogen-bond acceptors (Lipinski definition) is 5. The molecule has 8 heteroatoms. The van der Waals surface area contributed by atoms with Crippen molar-refractivity contribution in [2.75, 3.05) is 25.1 Å². The van der Waals surface area contributed by atoms with E-state index >= 15 is 0 Å². The second kappa shape index (κ2) is 10.9. The smallest absolute Gasteiger partial charge is 0.256 e. The van der Waals surface area contributed by atoms with E-state index in [1.807, 2.05) is 37.3 Å². The number of H-pyrrole nitrogens is 1. The number of rotatable bonds is 7. The second-order valence-electron chi connectivity index (χ2n) is 10.4. The molecule has 1 aliphatic rings. The number of carbonyl (C=O) groups excluding carboxylic acids is 1. The normalized spacial score (nSPS) is 14.9. The number of methoxy groups -OCH3 is 1. The minimum atomic E-state index is -0.265. The number of fused-ring (bicyclic) bond motifs is 1. The fraction of sp³-hybridized carbons (Fsp3) is 0.355. The van der Waals surface area contributed by atoms with Crippen LogP contribution in [0.3, 0.4) is 0 Å². The Labute approximate surface area is 228 Å². The van der Waals surface area contributed by atoms with Crippen LogP contribution in [-0.4, -0.2) is 40.8 Å². The van der Waals surface area contributed by atoms with Crippen LogP contribution in [0.4, 0.5) is 5.69 Å². The number of nitrogens with one attached hydrogen (secondary N) is 2. The van der Waals surface area contributed by atoms with Gasteiger partial charge in [0, 0.05) is 47.1 Å². The van der Waals surface area contributed by atoms with Crippen LogP contribution in [0.5, 0.6) is 11.5 Å². The van der Waals surface area contributed by atoms with Gasteiger partial charge in [-0.2, -0.15) is 0 Å². The van der Waals surface area contributed by atoms with Gasteiger partial charge in [0.25, 0.3) is 11.5 Å². The molecule has 1 atom stereocenters. The second-order valence-corrected chi connectivity index (χ2v) is 10.4. The number of phenolic OH excluding ortho intramolecular Hbond substituents is 1. The molecule has 0 unspecified atom stereocenters. The number of benzene rings is 2. The fourth-order valence-electron chi connectivity index (χ4n) is 6.01. The average molecular weight is 529 g/mol. The van der Waals surface area contributed by atoms with E-state index in [2.05, 4.69) is 32.8 Å². The number of hydrogen-bond donors (Lipinski definition) is 3. The van der Waals surface area contributed by atoms with Crippen molar-refractivity contribution in [3.63, 3.8) is 0 Å². The van der Waals surface area contributed by atoms with Crippen LogP contribution in [0, 0.1) is 19.8 Å². The number of piperidine rings is 1. The van der Waals surface area contributed by atoms with Gasteiger partial charge < -0.3 is 29.6 Å². The summed E-state index contributed by atoms with van der Waals surface area (Å²) in [6.07, 6.45) is 2.07. The lowest BCUT2D eigenvalue weighted by Gasteiger charge is -2.37. The van der Waals surface area contributed by atoms with Crippen molar-refractivity contribution in [1.82, 2.24) is 14.9 Å². The molecule has 204 valence electrons. The van der Waals surface area contributed by atoms with Crippen molar-refractivity contribution in [2.45, 2.75) is 46.2 Å². The number of aryl methyl sites for hydroxylation is 1. The number of phenols is 1. The van der Waals surface area contributed by atoms with Crippen LogP contribution in [0.15, 0.2) is 59.4 Å². The summed E-state index contributed by atoms with van der Waals surface area (Å²) in [6, 6.07) is 17.4. The molecule has 0 aliphatic carbocycles. The first-order valence-electron chi connectivity index (χ1n) is 13.5. The van der Waals surface area contributed by atoms with E-state index < -0.39 is 0 Å². The zero-order chi connectivity index (χ0) is 27.7. The molecular weight excluding hydrogens is 492 g/mol. The maximum absolute atomic E-state index is 13.6. The lowest BCUT2D eigenvalue weighted by atomic mass is 9.89. The maximum atomic E-state index is 13.6. The summed E-state index contributed by atoms with van der Waals surface area (Å²) in [6.45, 7) is 8.01. The molecular formula is C31H36N4O4. The Morgan fingerprint density at radius 2 is 1.82 bits per heavy atom. The predicted molar refractivity (Wildman–Crippen MR) is 154 cm³/mol. The van der Waals surface area contributed by atoms with E-state index in [9.17, 15) is 14.7 Å². The van der Waals surface area contributed by atoms with Crippen molar-refractivity contribution in [2.24, 2.45) is 5.92 Å². The third-order valence-corrected chi connectivity index (χ3v) is 8.10. The Morgan fingerprint density at radius 1 is 1.13 bits per heavy atom. The Kier molecular flexibility index (Phi) is 7.37. The van der Waals surface area contributed by atoms with Gasteiger partial charge in [0.05, 0.1) is 24.8 Å². The highest BCUT2D eigenvalue weighted by Crippen LogP contribution is 2.36. The number of anilines is 1. The average Bonchev–Trinajstić information content (AvgIpc) is 3.23. The highest BCUT2D eigenvalue weighted by atomic mass is 16.5. The molecule has 8 nitrogen and oxygen atoms in total. The molecule has 4 aromatic rings. The molecule has 2 aromatic carbocycles. The molecule has 1 amide bonds. The number of aromatic amines is 1. The number of aromatic hydroxyl groups is 1. The summed E-state index contributed by atoms with van der Waals surface area (Å²) in [5.41, 5.74) is 4.57. The minimum absolute atomic E-state index is 0.0713. The van der Waals surface area contributed by atoms with Gasteiger partial charge in [0.2, 0.25) is 0 Å². The lowest BCUT2D eigenvalue weighted by molar-refractivity contribution is 0.0951. The van der Waals surface area contributed by atoms with Gasteiger partial charge in [-0.1, -0.05) is 18.2 Å². The summed E-state index contributed by atoms with van der Waals surface area (Å²) in [5.74, 6) is 0.989. The van der Waals surface area contributed by atoms with Gasteiger partial charge in [-0.25, -0.2) is 0 Å². The first kappa shape index (κ1) is 26.4. The molecule has 0 bridgehead atoms. The van der Waals surface area contributed by atoms with Crippen molar-refractivity contribution < 1.29 is 14.6 Å². The summed E-state index contributed by atoms with van der Waals surface area (Å²) < 4.78 is 7.70. The van der Waals surface area contributed by atoms with Crippen LogP contribution < -0.4 is 20.5 Å². The largest absolute Gasteiger partial charge is 0.508 e. The third-order valence-electron chi connectivity index (χ3n) is 8.10. The van der Waals surface area contributed by atoms with Crippen molar-refractivity contribution >= 4 is 22.5 Å². The highest BCUT2D eigenvalue weighted by Gasteiger charge is 2.29. The van der Waals surface area contributed by atoms with Crippen LogP contribution >= 0.6 is 0 Å². The monoisotopic (exact) mass is 528 g/mol. The van der Waals surface area contributed by atoms with Gasteiger partial charge in [0.15, 0.2) is 0 Å². The Hall–Kier alpha value is -4.20. The number of aromatic nitrogens is 2. The molecule has 1 fully saturated rings. The molecule has 0 radical (unpaired) electrons. The van der Waals surface area contributed by atoms with Crippen LogP contribution in [0.25, 0.3) is 10.9 Å². The van der Waals surface area contributed by atoms with E-state index in [0.29, 0.717) is 28.5 Å². The molecule has 3 heterocycles. The molecule has 5 rings (SSSR count). The number of amides is 1. The van der Waals surface area contributed by atoms with Crippen LogP contribution in [0.1, 0.15) is 53.1 Å². The topological polar surface area (TPSA) is 99.6 Å². The van der Waals surface area contributed by atoms with E-state index in [0.717, 1.165) is 48.2 Å². The predicted octanol–water partition coefficient (Wildman–Crippen LogP) is 5.07. The molecule has 1 saturated heterocycles. The minimum Gasteiger partial charge on any atom is -0.508 e. The zero-order valence-electron chi connectivity index (χ0n) is 23.0. The Morgan fingerprint density at radius 3 is 2.51 bits per heavy atom. The van der Waals surface area contributed by atoms with Gasteiger partial charge in [-0.15, -0.1) is 0 Å². The Balaban J connectivity index is 1.37. The van der Waals surface area contributed by atoms with E-state index in [4.69, 9.17) is 4.74 Å². The van der Waals surface area contributed by atoms with Gasteiger partial charge >= 0.3 is 0 Å². The number of pyridine rings is 1. The highest BCUT2D eigenvalue weighted by molar-refractivity contribution is 6.08. The molecule has 39 heavy (non-hydrogen) atoms. The maximum Gasteiger partial charge on any atom is 0.256 e. The summed E-state index contributed by atoms with van der Waals surface area (Å²) in [4.78, 5) is 31.3. The van der Waals surface area contributed by atoms with Gasteiger partial charge in [0.1, 0.15) is 11.5 Å². The Bertz CT molecular complexity index is 1550. The van der Waals surface area contributed by atoms with E-state index in [-0.39, 0.29) is 29.8 Å². The molecule has 0 spiro atoms. The number of carbonyl (C=O) groups is 1. The van der Waals surface area contributed by atoms with Crippen molar-refractivity contribution in [3.8, 4) is 11.5 Å². The molecule has 3 N–H and O–H groups in total. The first-order valence-corrected chi connectivity index (χ1v) is 13.5. The van der Waals surface area contributed by atoms with Crippen molar-refractivity contribution in [3.05, 3.63) is 87.5 Å². The summed E-state index contributed by atoms with van der Waals surface area (Å²) >= 11 is 0. The molecule has 2 aromatic heterocycles. The van der Waals surface area contributed by atoms with Crippen molar-refractivity contribution in [1.29, 1.82) is 0 Å². The van der Waals surface area contributed by atoms with E-state index in [1.165, 1.54) is 7.11 Å². The summed E-state index contributed by atoms with van der Waals surface area (Å²) in [5, 5.41) is 13.5. The van der Waals surface area contributed by atoms with Gasteiger partial charge in [-0.05, 0) is 75.9 Å². The summed E-state index contributed by atoms with van der Waals surface area (Å²) in [7, 11) is 1.52. The first-order chi connectivity index (χ1) is 18.8. The quantitative estimate of drug-likeness (QED) is 0.311. The molecule has 1 aliphatic heterocycles. The number of nitrogens with zero attached hydrogens (tertiary/aromatic N) is 2. The lowest BCUT2D eigenvalue weighted by Crippen LogP contribution is -2.36. The number of para-hydroxylation sites is 1. The van der Waals surface area contributed by atoms with Crippen LogP contribution in [-0.2, 0) is 6.54 Å². The number of ether oxygens (including phenoxy) is 1. The standard InChI is InChI=1S/C31H36N4O4/c1-19-17-28(39-4)26(30(37)33-19)18-32-31(38)29-21(3)35(27-8-6-5-7-25(27)29)20(2)22-13-15-34(16-14-22)23-9-11-24(36)12-10-23/h5-12,17,20,22,36H,13-16,18H2,1-4H3,(H,32,38)(H,33,37)/t20-/m1/s1. The van der Waals surface area contributed by atoms with Gasteiger partial charge in [-0.3, -0.25) is 9.59 Å². The SMILES string of the molecule is COc1cc(C)[nH]c(=O)c1CNC(=O)c1c(C)n([C@H](C)C2CCN(c3ccc(O)cc3)CC2)c2ccccc12.